The van der Waals surface area contributed by atoms with Crippen molar-refractivity contribution in [3.63, 3.8) is 0 Å². The van der Waals surface area contributed by atoms with Gasteiger partial charge in [0.15, 0.2) is 0 Å². The van der Waals surface area contributed by atoms with Gasteiger partial charge in [-0.3, -0.25) is 0 Å². The van der Waals surface area contributed by atoms with Gasteiger partial charge in [-0.25, -0.2) is 19.9 Å². The summed E-state index contributed by atoms with van der Waals surface area (Å²) in [6.07, 6.45) is 13.8. The molecule has 4 N–H and O–H groups in total. The molecule has 102 heavy (non-hydrogen) atoms. The molecule has 0 amide bonds. The van der Waals surface area contributed by atoms with E-state index in [-0.39, 0.29) is 0 Å². The number of hydrogen-bond acceptors (Lipinski definition) is 4. The fraction of sp³-hybridized carbons (Fsp3) is 0.340. The van der Waals surface area contributed by atoms with Gasteiger partial charge in [-0.1, -0.05) is 147 Å². The molecule has 8 nitrogen and oxygen atoms in total. The number of aryl methyl sites for hydroxylation is 8. The molecule has 0 aliphatic carbocycles. The summed E-state index contributed by atoms with van der Waals surface area (Å²) < 4.78 is 0. The zero-order chi connectivity index (χ0) is 71.6. The zero-order valence-electron chi connectivity index (χ0n) is 63.2. The maximum absolute atomic E-state index is 5.67. The van der Waals surface area contributed by atoms with Gasteiger partial charge in [0.25, 0.3) is 0 Å². The Morgan fingerprint density at radius 2 is 0.529 bits per heavy atom. The number of nitrogens with zero attached hydrogens (tertiary/aromatic N) is 4. The lowest BCUT2D eigenvalue weighted by atomic mass is 9.94. The minimum Gasteiger partial charge on any atom is -0.355 e. The molecule has 0 saturated carbocycles. The predicted molar refractivity (Wildman–Crippen MR) is 436 cm³/mol. The lowest BCUT2D eigenvalue weighted by Crippen LogP contribution is -1.95. The third kappa shape index (κ3) is 12.3. The Morgan fingerprint density at radius 1 is 0.255 bits per heavy atom. The topological polar surface area (TPSA) is 115 Å². The summed E-state index contributed by atoms with van der Waals surface area (Å²) >= 11 is 0. The maximum Gasteiger partial charge on any atom is 0.0851 e. The highest BCUT2D eigenvalue weighted by molar-refractivity contribution is 6.05. The number of aromatic amines is 4. The Labute approximate surface area is 604 Å². The Morgan fingerprint density at radius 3 is 0.863 bits per heavy atom. The lowest BCUT2D eigenvalue weighted by molar-refractivity contribution is 1.07. The van der Waals surface area contributed by atoms with E-state index < -0.39 is 0 Å². The molecule has 0 radical (unpaired) electrons. The monoisotopic (exact) mass is 1340 g/mol. The van der Waals surface area contributed by atoms with Crippen molar-refractivity contribution in [2.75, 3.05) is 0 Å². The van der Waals surface area contributed by atoms with Gasteiger partial charge < -0.3 is 19.9 Å². The summed E-state index contributed by atoms with van der Waals surface area (Å²) in [5.41, 5.74) is 40.7. The van der Waals surface area contributed by atoms with E-state index in [0.717, 1.165) is 236 Å². The minimum atomic E-state index is 0.799. The van der Waals surface area contributed by atoms with E-state index in [9.17, 15) is 0 Å². The van der Waals surface area contributed by atoms with Crippen molar-refractivity contribution in [3.8, 4) is 47.4 Å². The van der Waals surface area contributed by atoms with E-state index in [4.69, 9.17) is 19.9 Å². The van der Waals surface area contributed by atoms with Gasteiger partial charge in [0.1, 0.15) is 0 Å². The van der Waals surface area contributed by atoms with E-state index in [1.54, 1.807) is 0 Å². The van der Waals surface area contributed by atoms with Gasteiger partial charge in [0.2, 0.25) is 0 Å². The molecule has 10 heterocycles. The van der Waals surface area contributed by atoms with E-state index in [2.05, 4.69) is 263 Å². The lowest BCUT2D eigenvalue weighted by Gasteiger charge is -2.08. The van der Waals surface area contributed by atoms with Crippen LogP contribution in [0.4, 0.5) is 0 Å². The van der Waals surface area contributed by atoms with E-state index in [1.165, 1.54) is 89.1 Å². The van der Waals surface area contributed by atoms with Crippen molar-refractivity contribution < 1.29 is 0 Å². The summed E-state index contributed by atoms with van der Waals surface area (Å²) in [5, 5.41) is 4.26. The van der Waals surface area contributed by atoms with Crippen LogP contribution in [0.3, 0.4) is 0 Å². The van der Waals surface area contributed by atoms with Crippen LogP contribution in [0, 0.1) is 47.4 Å². The molecule has 514 valence electrons. The number of aromatic nitrogens is 8. The molecule has 0 unspecified atom stereocenters. The Balaban J connectivity index is 1.01. The second kappa shape index (κ2) is 30.1. The minimum absolute atomic E-state index is 0.799. The van der Waals surface area contributed by atoms with Crippen LogP contribution in [0.25, 0.3) is 110 Å². The first-order valence-electron chi connectivity index (χ1n) is 38.4. The van der Waals surface area contributed by atoms with Crippen LogP contribution in [-0.4, -0.2) is 39.9 Å². The molecule has 3 aromatic carbocycles. The molecular weight excluding hydrogens is 1240 g/mol. The summed E-state index contributed by atoms with van der Waals surface area (Å²) in [5.74, 6) is 28.3. The molecule has 16 bridgehead atoms. The average Bonchev–Trinajstić information content (AvgIpc) is 1.51. The standard InChI is InChI=1S/C94H98N8/c1-17-59-63(21-5)83-51-87-67(25-9)71(29-13)91(99-87)75(92-72(30-14)68(26-10)88(100-92)52-84-64(22-6)60(18-2)80(96-84)49-79(59)95-83)43-37-35-39-55-45-46-56(78-48-58-42-34-33-41-57(58)47-77(55)78)40-36-38-44-76-93-73(31-15)69(27-11)89(101-93)53-85-65(23-7)61(19-3)81(97-85)50-82-62(20-4)66(24-8)86(98-82)54-90-70(28-12)74(32-16)94(76)102-90/h33-34,41-42,45-54,95-97,102H,17-32H2,1-16H3. The molecule has 13 rings (SSSR count). The number of H-pyrrole nitrogens is 4. The number of hydrogen-bond donors (Lipinski definition) is 4. The second-order valence-corrected chi connectivity index (χ2v) is 27.0. The summed E-state index contributed by atoms with van der Waals surface area (Å²) in [6.45, 7) is 36.2. The second-order valence-electron chi connectivity index (χ2n) is 27.0. The van der Waals surface area contributed by atoms with Gasteiger partial charge in [0, 0.05) is 49.7 Å². The third-order valence-corrected chi connectivity index (χ3v) is 22.0. The molecule has 8 heteroatoms. The van der Waals surface area contributed by atoms with Crippen LogP contribution >= 0.6 is 0 Å². The molecule has 4 aliphatic heterocycles. The Hall–Kier alpha value is -10.4. The molecule has 6 aromatic heterocycles. The molecule has 0 atom stereocenters. The van der Waals surface area contributed by atoms with Crippen LogP contribution in [0.5, 0.6) is 0 Å². The normalized spacial score (nSPS) is 12.9. The first kappa shape index (κ1) is 70.1. The van der Waals surface area contributed by atoms with Crippen molar-refractivity contribution in [1.29, 1.82) is 0 Å². The fourth-order valence-electron chi connectivity index (χ4n) is 17.3. The van der Waals surface area contributed by atoms with Crippen molar-refractivity contribution in [2.45, 2.75) is 214 Å². The fourth-order valence-corrected chi connectivity index (χ4v) is 17.3. The average molecular weight is 1340 g/mol. The molecular formula is C94H98N8. The third-order valence-electron chi connectivity index (χ3n) is 22.0. The van der Waals surface area contributed by atoms with Crippen molar-refractivity contribution in [3.05, 3.63) is 197 Å². The molecule has 0 saturated heterocycles. The van der Waals surface area contributed by atoms with Gasteiger partial charge >= 0.3 is 0 Å². The maximum atomic E-state index is 5.67. The molecule has 0 fully saturated rings. The highest BCUT2D eigenvalue weighted by Crippen LogP contribution is 2.44. The molecule has 4 aliphatic rings. The van der Waals surface area contributed by atoms with Crippen molar-refractivity contribution in [2.24, 2.45) is 0 Å². The molecule has 0 spiro atoms. The zero-order valence-corrected chi connectivity index (χ0v) is 63.2. The quantitative estimate of drug-likeness (QED) is 0.0570. The first-order valence-corrected chi connectivity index (χ1v) is 38.4. The van der Waals surface area contributed by atoms with Crippen LogP contribution < -0.4 is 0 Å². The van der Waals surface area contributed by atoms with E-state index in [1.807, 2.05) is 0 Å². The Bertz CT molecular complexity index is 5610. The van der Waals surface area contributed by atoms with Crippen molar-refractivity contribution in [1.82, 2.24) is 39.9 Å². The smallest absolute Gasteiger partial charge is 0.0851 e. The van der Waals surface area contributed by atoms with E-state index in [0.29, 0.717) is 0 Å². The van der Waals surface area contributed by atoms with Crippen LogP contribution in [0.1, 0.15) is 274 Å². The highest BCUT2D eigenvalue weighted by atomic mass is 14.8. The number of allylic oxidation sites excluding steroid dienone is 8. The highest BCUT2D eigenvalue weighted by Gasteiger charge is 2.29. The number of nitrogens with one attached hydrogen (secondary N) is 4. The van der Waals surface area contributed by atoms with Crippen LogP contribution in [-0.2, 0) is 51.4 Å². The number of fused-ring (bicyclic) bond motifs is 18. The number of benzene rings is 3. The van der Waals surface area contributed by atoms with Gasteiger partial charge in [-0.2, -0.15) is 0 Å². The van der Waals surface area contributed by atoms with Gasteiger partial charge in [-0.15, -0.1) is 0 Å². The van der Waals surface area contributed by atoms with Crippen LogP contribution in [0.15, 0.2) is 84.9 Å². The van der Waals surface area contributed by atoms with Crippen molar-refractivity contribution >= 4 is 110 Å². The summed E-state index contributed by atoms with van der Waals surface area (Å²) in [4.78, 5) is 38.3. The predicted octanol–water partition coefficient (Wildman–Crippen LogP) is 23.5. The number of rotatable bonds is 16. The van der Waals surface area contributed by atoms with Gasteiger partial charge in [0.05, 0.1) is 62.2 Å². The van der Waals surface area contributed by atoms with E-state index >= 15 is 0 Å². The van der Waals surface area contributed by atoms with Gasteiger partial charge in [-0.05, 0) is 310 Å². The first-order chi connectivity index (χ1) is 49.8. The SMILES string of the molecule is CCC1=C(CC)c2cc3[nH]c(c(C#CC#Cc4ccc(C#CC#Cc5c6nc(cc7[nH]c(cc8[nH]c(cc9nc5C(CC)=C9CC)c(CC)c8CC)c(CC)c7CC)C(CC)=C6CC)c5cc6ccccc6cc45)c4nc(cc5[nH]c(cc1n2)c(CC)c5CC)C(CC)=C4CC)c(CC)c3CC. The largest absolute Gasteiger partial charge is 0.355 e. The van der Waals surface area contributed by atoms with Crippen LogP contribution in [0.2, 0.25) is 0 Å². The summed E-state index contributed by atoms with van der Waals surface area (Å²) in [7, 11) is 0. The summed E-state index contributed by atoms with van der Waals surface area (Å²) in [6, 6.07) is 31.1. The molecule has 9 aromatic rings. The Kier molecular flexibility index (Phi) is 20.6.